The molecule has 1 N–H and O–H groups in total. The minimum atomic E-state index is -3.51. The SMILES string of the molecule is CC.CCc1cccc(S(=O)(=O)N2CCC(Nc3cc(-c4ccccc4Cl)nc4c(Br)cnn34)CC2)c1. The topological polar surface area (TPSA) is 79.6 Å². The molecule has 0 aliphatic carbocycles. The molecule has 0 spiro atoms. The summed E-state index contributed by atoms with van der Waals surface area (Å²) in [6.07, 6.45) is 3.87. The third kappa shape index (κ3) is 5.85. The fourth-order valence-corrected chi connectivity index (χ4v) is 6.49. The maximum atomic E-state index is 13.2. The van der Waals surface area contributed by atoms with E-state index in [9.17, 15) is 8.42 Å². The third-order valence-electron chi connectivity index (χ3n) is 6.33. The molecule has 2 aromatic carbocycles. The van der Waals surface area contributed by atoms with Gasteiger partial charge in [0.1, 0.15) is 5.82 Å². The summed E-state index contributed by atoms with van der Waals surface area (Å²) in [5.41, 5.74) is 3.27. The van der Waals surface area contributed by atoms with E-state index in [0.29, 0.717) is 41.5 Å². The Hall–Kier alpha value is -2.46. The standard InChI is InChI=1S/C25H25BrClN5O2S.C2H6/c1-2-17-6-5-7-19(14-17)35(33,34)31-12-10-18(11-13-31)29-24-15-23(20-8-3-4-9-22(20)27)30-25-21(26)16-28-32(24)25;1-2/h3-9,14-16,18,29H,2,10-13H2,1H3;1-2H3. The summed E-state index contributed by atoms with van der Waals surface area (Å²) >= 11 is 9.97. The van der Waals surface area contributed by atoms with E-state index in [2.05, 4.69) is 26.3 Å². The molecule has 0 radical (unpaired) electrons. The van der Waals surface area contributed by atoms with Crippen LogP contribution in [0.3, 0.4) is 0 Å². The Morgan fingerprint density at radius 2 is 1.81 bits per heavy atom. The number of rotatable bonds is 6. The number of nitrogens with one attached hydrogen (secondary N) is 1. The monoisotopic (exact) mass is 603 g/mol. The lowest BCUT2D eigenvalue weighted by Crippen LogP contribution is -2.42. The third-order valence-corrected chi connectivity index (χ3v) is 9.11. The van der Waals surface area contributed by atoms with Gasteiger partial charge in [0.05, 0.1) is 21.3 Å². The van der Waals surface area contributed by atoms with Crippen LogP contribution in [0.25, 0.3) is 16.9 Å². The van der Waals surface area contributed by atoms with Crippen LogP contribution in [0.4, 0.5) is 5.82 Å². The summed E-state index contributed by atoms with van der Waals surface area (Å²) in [7, 11) is -3.51. The second kappa shape index (κ2) is 11.9. The molecule has 0 atom stereocenters. The van der Waals surface area contributed by atoms with Crippen molar-refractivity contribution in [1.29, 1.82) is 0 Å². The maximum Gasteiger partial charge on any atom is 0.243 e. The van der Waals surface area contributed by atoms with E-state index < -0.39 is 10.0 Å². The zero-order valence-corrected chi connectivity index (χ0v) is 24.3. The number of fused-ring (bicyclic) bond motifs is 1. The second-order valence-electron chi connectivity index (χ2n) is 8.56. The Labute approximate surface area is 232 Å². The van der Waals surface area contributed by atoms with Crippen molar-refractivity contribution >= 4 is 49.0 Å². The van der Waals surface area contributed by atoms with Crippen molar-refractivity contribution in [3.63, 3.8) is 0 Å². The van der Waals surface area contributed by atoms with E-state index >= 15 is 0 Å². The molecular weight excluding hydrogens is 574 g/mol. The van der Waals surface area contributed by atoms with Crippen molar-refractivity contribution in [2.75, 3.05) is 18.4 Å². The molecule has 1 fully saturated rings. The van der Waals surface area contributed by atoms with Crippen molar-refractivity contribution < 1.29 is 8.42 Å². The number of hydrogen-bond donors (Lipinski definition) is 1. The molecule has 0 bridgehead atoms. The van der Waals surface area contributed by atoms with Crippen LogP contribution < -0.4 is 5.32 Å². The zero-order valence-electron chi connectivity index (χ0n) is 21.2. The van der Waals surface area contributed by atoms with E-state index in [0.717, 1.165) is 33.5 Å². The van der Waals surface area contributed by atoms with E-state index in [4.69, 9.17) is 16.6 Å². The van der Waals surface area contributed by atoms with E-state index in [1.165, 1.54) is 0 Å². The number of nitrogens with zero attached hydrogens (tertiary/aromatic N) is 4. The van der Waals surface area contributed by atoms with Crippen LogP contribution in [0.2, 0.25) is 5.02 Å². The molecule has 0 unspecified atom stereocenters. The number of anilines is 1. The lowest BCUT2D eigenvalue weighted by atomic mass is 10.1. The van der Waals surface area contributed by atoms with Crippen LogP contribution in [0.15, 0.2) is 70.2 Å². The van der Waals surface area contributed by atoms with Gasteiger partial charge < -0.3 is 5.32 Å². The molecule has 196 valence electrons. The first kappa shape index (κ1) is 27.6. The van der Waals surface area contributed by atoms with E-state index in [1.807, 2.05) is 63.2 Å². The highest BCUT2D eigenvalue weighted by molar-refractivity contribution is 9.10. The van der Waals surface area contributed by atoms with Gasteiger partial charge in [-0.05, 0) is 59.0 Å². The Morgan fingerprint density at radius 1 is 1.08 bits per heavy atom. The average Bonchev–Trinajstić information content (AvgIpc) is 3.31. The van der Waals surface area contributed by atoms with Crippen LogP contribution in [0, 0.1) is 0 Å². The predicted octanol–water partition coefficient (Wildman–Crippen LogP) is 6.67. The van der Waals surface area contributed by atoms with Gasteiger partial charge >= 0.3 is 0 Å². The Bertz CT molecular complexity index is 1480. The zero-order chi connectivity index (χ0) is 26.6. The predicted molar refractivity (Wildman–Crippen MR) is 154 cm³/mol. The average molecular weight is 605 g/mol. The molecule has 0 amide bonds. The Kier molecular flexibility index (Phi) is 8.90. The number of sulfonamides is 1. The van der Waals surface area contributed by atoms with Gasteiger partial charge in [0.2, 0.25) is 10.0 Å². The Morgan fingerprint density at radius 3 is 2.51 bits per heavy atom. The largest absolute Gasteiger partial charge is 0.367 e. The summed E-state index contributed by atoms with van der Waals surface area (Å²) in [4.78, 5) is 5.12. The maximum absolute atomic E-state index is 13.2. The quantitative estimate of drug-likeness (QED) is 0.266. The molecule has 1 aliphatic rings. The van der Waals surface area contributed by atoms with Gasteiger partial charge in [-0.2, -0.15) is 13.9 Å². The van der Waals surface area contributed by atoms with Gasteiger partial charge in [-0.3, -0.25) is 0 Å². The van der Waals surface area contributed by atoms with Crippen molar-refractivity contribution in [3.8, 4) is 11.3 Å². The fraction of sp³-hybridized carbons (Fsp3) is 0.333. The van der Waals surface area contributed by atoms with E-state index in [1.54, 1.807) is 27.2 Å². The van der Waals surface area contributed by atoms with E-state index in [-0.39, 0.29) is 6.04 Å². The van der Waals surface area contributed by atoms with Gasteiger partial charge in [0.15, 0.2) is 5.65 Å². The summed E-state index contributed by atoms with van der Waals surface area (Å²) in [5.74, 6) is 0.785. The summed E-state index contributed by atoms with van der Waals surface area (Å²) < 4.78 is 30.5. The highest BCUT2D eigenvalue weighted by Crippen LogP contribution is 2.31. The number of hydrogen-bond acceptors (Lipinski definition) is 5. The summed E-state index contributed by atoms with van der Waals surface area (Å²) in [6, 6.07) is 16.8. The highest BCUT2D eigenvalue weighted by Gasteiger charge is 2.30. The van der Waals surface area contributed by atoms with Crippen molar-refractivity contribution in [3.05, 3.63) is 75.9 Å². The minimum absolute atomic E-state index is 0.0936. The molecule has 7 nitrogen and oxygen atoms in total. The van der Waals surface area contributed by atoms with Crippen molar-refractivity contribution in [2.24, 2.45) is 0 Å². The molecule has 3 heterocycles. The Balaban J connectivity index is 0.00000156. The fourth-order valence-electron chi connectivity index (χ4n) is 4.37. The highest BCUT2D eigenvalue weighted by atomic mass is 79.9. The van der Waals surface area contributed by atoms with Gasteiger partial charge in [0.25, 0.3) is 0 Å². The molecule has 37 heavy (non-hydrogen) atoms. The second-order valence-corrected chi connectivity index (χ2v) is 11.8. The normalized spacial score (nSPS) is 14.8. The lowest BCUT2D eigenvalue weighted by Gasteiger charge is -2.32. The smallest absolute Gasteiger partial charge is 0.243 e. The van der Waals surface area contributed by atoms with Crippen LogP contribution >= 0.6 is 27.5 Å². The number of benzene rings is 2. The summed E-state index contributed by atoms with van der Waals surface area (Å²) in [6.45, 7) is 6.92. The van der Waals surface area contributed by atoms with Gasteiger partial charge in [-0.25, -0.2) is 13.4 Å². The number of halogens is 2. The molecule has 10 heteroatoms. The molecule has 4 aromatic rings. The van der Waals surface area contributed by atoms with Gasteiger partial charge in [-0.1, -0.05) is 62.7 Å². The first-order valence-electron chi connectivity index (χ1n) is 12.5. The number of aromatic nitrogens is 3. The van der Waals surface area contributed by atoms with Crippen LogP contribution in [0.5, 0.6) is 0 Å². The first-order valence-corrected chi connectivity index (χ1v) is 15.1. The van der Waals surface area contributed by atoms with Gasteiger partial charge in [0, 0.05) is 35.8 Å². The van der Waals surface area contributed by atoms with Crippen LogP contribution in [-0.4, -0.2) is 46.5 Å². The van der Waals surface area contributed by atoms with Crippen molar-refractivity contribution in [1.82, 2.24) is 18.9 Å². The molecule has 5 rings (SSSR count). The number of piperidine rings is 1. The van der Waals surface area contributed by atoms with Crippen LogP contribution in [-0.2, 0) is 16.4 Å². The summed E-state index contributed by atoms with van der Waals surface area (Å²) in [5, 5.41) is 8.65. The lowest BCUT2D eigenvalue weighted by molar-refractivity contribution is 0.329. The minimum Gasteiger partial charge on any atom is -0.367 e. The molecule has 1 saturated heterocycles. The van der Waals surface area contributed by atoms with Crippen LogP contribution in [0.1, 0.15) is 39.2 Å². The molecular formula is C27H31BrClN5O2S. The molecule has 2 aromatic heterocycles. The first-order chi connectivity index (χ1) is 17.9. The molecule has 1 aliphatic heterocycles. The molecule has 0 saturated carbocycles. The number of aryl methyl sites for hydroxylation is 1. The van der Waals surface area contributed by atoms with Gasteiger partial charge in [-0.15, -0.1) is 0 Å². The van der Waals surface area contributed by atoms with Crippen molar-refractivity contribution in [2.45, 2.75) is 51.0 Å².